The first-order valence-corrected chi connectivity index (χ1v) is 6.73. The summed E-state index contributed by atoms with van der Waals surface area (Å²) in [6, 6.07) is 0.287. The van der Waals surface area contributed by atoms with Crippen LogP contribution in [-0.4, -0.2) is 49.4 Å². The molecule has 23 heavy (non-hydrogen) atoms. The van der Waals surface area contributed by atoms with Gasteiger partial charge in [-0.1, -0.05) is 0 Å². The van der Waals surface area contributed by atoms with Crippen LogP contribution in [0.5, 0.6) is 0 Å². The maximum Gasteiger partial charge on any atom is 0.255 e. The lowest BCUT2D eigenvalue weighted by molar-refractivity contribution is -0.121. The monoisotopic (exact) mass is 326 g/mol. The fourth-order valence-corrected chi connectivity index (χ4v) is 1.94. The Morgan fingerprint density at radius 3 is 2.39 bits per heavy atom. The standard InChI is InChI=1S/C15H16F2N2O4/c1-18-14(22)4-3-10(8-21)19(2)15(23)11-6-13(17)12(16)5-9(11)7-20/h5-8,10H,3-4H2,1-2H3,(H,18,22). The molecule has 0 aliphatic heterocycles. The number of halogens is 2. The van der Waals surface area contributed by atoms with E-state index in [2.05, 4.69) is 5.32 Å². The number of rotatable bonds is 7. The lowest BCUT2D eigenvalue weighted by Gasteiger charge is -2.24. The Balaban J connectivity index is 3.02. The van der Waals surface area contributed by atoms with Crippen molar-refractivity contribution in [2.45, 2.75) is 18.9 Å². The molecule has 1 aromatic rings. The number of nitrogens with one attached hydrogen (secondary N) is 1. The van der Waals surface area contributed by atoms with Gasteiger partial charge in [-0.15, -0.1) is 0 Å². The molecule has 0 saturated carbocycles. The molecular formula is C15H16F2N2O4. The van der Waals surface area contributed by atoms with Gasteiger partial charge in [0.2, 0.25) is 5.91 Å². The highest BCUT2D eigenvalue weighted by Crippen LogP contribution is 2.17. The first kappa shape index (κ1) is 18.4. The molecule has 6 nitrogen and oxygen atoms in total. The fraction of sp³-hybridized carbons (Fsp3) is 0.333. The molecule has 8 heteroatoms. The molecule has 1 atom stereocenters. The molecule has 1 rings (SSSR count). The minimum Gasteiger partial charge on any atom is -0.359 e. The Bertz CT molecular complexity index is 634. The first-order chi connectivity index (χ1) is 10.8. The lowest BCUT2D eigenvalue weighted by Crippen LogP contribution is -2.39. The van der Waals surface area contributed by atoms with E-state index in [1.54, 1.807) is 0 Å². The molecule has 0 bridgehead atoms. The van der Waals surface area contributed by atoms with Crippen LogP contribution in [0.3, 0.4) is 0 Å². The van der Waals surface area contributed by atoms with E-state index >= 15 is 0 Å². The highest BCUT2D eigenvalue weighted by Gasteiger charge is 2.24. The molecule has 0 aliphatic carbocycles. The van der Waals surface area contributed by atoms with Gasteiger partial charge >= 0.3 is 0 Å². The second-order valence-corrected chi connectivity index (χ2v) is 4.80. The summed E-state index contributed by atoms with van der Waals surface area (Å²) in [4.78, 5) is 46.6. The smallest absolute Gasteiger partial charge is 0.255 e. The topological polar surface area (TPSA) is 83.6 Å². The predicted octanol–water partition coefficient (Wildman–Crippen LogP) is 0.943. The number of aldehydes is 2. The zero-order valence-electron chi connectivity index (χ0n) is 12.6. The van der Waals surface area contributed by atoms with Crippen molar-refractivity contribution < 1.29 is 28.0 Å². The lowest BCUT2D eigenvalue weighted by atomic mass is 10.0. The van der Waals surface area contributed by atoms with Gasteiger partial charge in [0.25, 0.3) is 5.91 Å². The molecule has 0 aliphatic rings. The minimum atomic E-state index is -1.28. The molecule has 0 fully saturated rings. The fourth-order valence-electron chi connectivity index (χ4n) is 1.94. The van der Waals surface area contributed by atoms with Crippen molar-refractivity contribution in [3.05, 3.63) is 34.9 Å². The van der Waals surface area contributed by atoms with Crippen LogP contribution in [0.25, 0.3) is 0 Å². The summed E-state index contributed by atoms with van der Waals surface area (Å²) in [6.07, 6.45) is 0.771. The molecule has 1 unspecified atom stereocenters. The van der Waals surface area contributed by atoms with E-state index in [1.807, 2.05) is 0 Å². The summed E-state index contributed by atoms with van der Waals surface area (Å²) in [5, 5.41) is 2.38. The molecule has 0 radical (unpaired) electrons. The summed E-state index contributed by atoms with van der Waals surface area (Å²) in [5.74, 6) is -3.66. The number of likely N-dealkylation sites (N-methyl/N-ethyl adjacent to an activating group) is 1. The van der Waals surface area contributed by atoms with Crippen molar-refractivity contribution >= 4 is 24.4 Å². The Labute approximate surface area is 131 Å². The highest BCUT2D eigenvalue weighted by molar-refractivity contribution is 6.02. The molecule has 2 amide bonds. The van der Waals surface area contributed by atoms with Gasteiger partial charge < -0.3 is 15.0 Å². The third-order valence-corrected chi connectivity index (χ3v) is 3.37. The van der Waals surface area contributed by atoms with Crippen molar-refractivity contribution in [3.63, 3.8) is 0 Å². The van der Waals surface area contributed by atoms with Gasteiger partial charge in [0.1, 0.15) is 6.29 Å². The van der Waals surface area contributed by atoms with Crippen LogP contribution in [-0.2, 0) is 9.59 Å². The van der Waals surface area contributed by atoms with E-state index in [4.69, 9.17) is 0 Å². The molecule has 1 N–H and O–H groups in total. The van der Waals surface area contributed by atoms with Gasteiger partial charge in [-0.05, 0) is 18.6 Å². The van der Waals surface area contributed by atoms with Crippen LogP contribution >= 0.6 is 0 Å². The number of hydrogen-bond donors (Lipinski definition) is 1. The van der Waals surface area contributed by atoms with E-state index in [9.17, 15) is 28.0 Å². The van der Waals surface area contributed by atoms with E-state index < -0.39 is 23.6 Å². The number of carbonyl (C=O) groups excluding carboxylic acids is 4. The normalized spacial score (nSPS) is 11.5. The zero-order chi connectivity index (χ0) is 17.6. The maximum atomic E-state index is 13.3. The molecule has 124 valence electrons. The maximum absolute atomic E-state index is 13.3. The molecule has 0 spiro atoms. The quantitative estimate of drug-likeness (QED) is 0.756. The third-order valence-electron chi connectivity index (χ3n) is 3.37. The Kier molecular flexibility index (Phi) is 6.49. The van der Waals surface area contributed by atoms with Crippen LogP contribution in [0.4, 0.5) is 8.78 Å². The Morgan fingerprint density at radius 1 is 1.26 bits per heavy atom. The van der Waals surface area contributed by atoms with Crippen molar-refractivity contribution in [1.82, 2.24) is 10.2 Å². The van der Waals surface area contributed by atoms with Crippen LogP contribution < -0.4 is 5.32 Å². The molecular weight excluding hydrogens is 310 g/mol. The number of nitrogens with zero attached hydrogens (tertiary/aromatic N) is 1. The Morgan fingerprint density at radius 2 is 1.87 bits per heavy atom. The van der Waals surface area contributed by atoms with Crippen LogP contribution in [0, 0.1) is 11.6 Å². The van der Waals surface area contributed by atoms with Gasteiger partial charge in [-0.25, -0.2) is 8.78 Å². The zero-order valence-corrected chi connectivity index (χ0v) is 12.6. The average molecular weight is 326 g/mol. The number of amides is 2. The third kappa shape index (κ3) is 4.41. The molecule has 0 heterocycles. The van der Waals surface area contributed by atoms with Crippen LogP contribution in [0.2, 0.25) is 0 Å². The number of carbonyl (C=O) groups is 4. The van der Waals surface area contributed by atoms with Gasteiger partial charge in [0, 0.05) is 26.1 Å². The van der Waals surface area contributed by atoms with Crippen LogP contribution in [0.1, 0.15) is 33.6 Å². The summed E-state index contributed by atoms with van der Waals surface area (Å²) < 4.78 is 26.4. The van der Waals surface area contributed by atoms with Crippen molar-refractivity contribution in [1.29, 1.82) is 0 Å². The largest absolute Gasteiger partial charge is 0.359 e. The highest BCUT2D eigenvalue weighted by atomic mass is 19.2. The number of benzene rings is 1. The van der Waals surface area contributed by atoms with Crippen molar-refractivity contribution in [2.24, 2.45) is 0 Å². The van der Waals surface area contributed by atoms with Gasteiger partial charge in [-0.3, -0.25) is 14.4 Å². The SMILES string of the molecule is CNC(=O)CCC(C=O)N(C)C(=O)c1cc(F)c(F)cc1C=O. The predicted molar refractivity (Wildman–Crippen MR) is 77.0 cm³/mol. The first-order valence-electron chi connectivity index (χ1n) is 6.73. The second-order valence-electron chi connectivity index (χ2n) is 4.80. The van der Waals surface area contributed by atoms with E-state index in [0.717, 1.165) is 4.90 Å². The summed E-state index contributed by atoms with van der Waals surface area (Å²) >= 11 is 0. The van der Waals surface area contributed by atoms with Crippen molar-refractivity contribution in [2.75, 3.05) is 14.1 Å². The van der Waals surface area contributed by atoms with Gasteiger partial charge in [0.05, 0.1) is 11.6 Å². The van der Waals surface area contributed by atoms with Crippen molar-refractivity contribution in [3.8, 4) is 0 Å². The van der Waals surface area contributed by atoms with E-state index in [-0.39, 0.29) is 36.2 Å². The Hall–Kier alpha value is -2.64. The molecule has 0 saturated heterocycles. The number of hydrogen-bond acceptors (Lipinski definition) is 4. The average Bonchev–Trinajstić information content (AvgIpc) is 2.56. The second kappa shape index (κ2) is 8.11. The summed E-state index contributed by atoms with van der Waals surface area (Å²) in [6.45, 7) is 0. The molecule has 1 aromatic carbocycles. The van der Waals surface area contributed by atoms with Gasteiger partial charge in [0.15, 0.2) is 17.9 Å². The summed E-state index contributed by atoms with van der Waals surface area (Å²) in [5.41, 5.74) is -0.676. The van der Waals surface area contributed by atoms with E-state index in [0.29, 0.717) is 18.4 Å². The van der Waals surface area contributed by atoms with E-state index in [1.165, 1.54) is 14.1 Å². The van der Waals surface area contributed by atoms with Crippen LogP contribution in [0.15, 0.2) is 12.1 Å². The molecule has 0 aromatic heterocycles. The van der Waals surface area contributed by atoms with Gasteiger partial charge in [-0.2, -0.15) is 0 Å². The summed E-state index contributed by atoms with van der Waals surface area (Å²) in [7, 11) is 2.71. The minimum absolute atomic E-state index is 0.00977.